The van der Waals surface area contributed by atoms with E-state index < -0.39 is 53.9 Å². The Morgan fingerprint density at radius 1 is 1.13 bits per heavy atom. The first-order valence-corrected chi connectivity index (χ1v) is 15.4. The van der Waals surface area contributed by atoms with Crippen LogP contribution in [-0.2, 0) is 35.1 Å². The van der Waals surface area contributed by atoms with Gasteiger partial charge >= 0.3 is 6.09 Å². The minimum Gasteiger partial charge on any atom is -0.439 e. The lowest BCUT2D eigenvalue weighted by molar-refractivity contribution is -0.120. The highest BCUT2D eigenvalue weighted by atomic mass is 16.6. The van der Waals surface area contributed by atoms with Crippen LogP contribution in [-0.4, -0.2) is 67.3 Å². The average molecular weight is 651 g/mol. The summed E-state index contributed by atoms with van der Waals surface area (Å²) >= 11 is 0. The quantitative estimate of drug-likeness (QED) is 0.174. The molecule has 1 aromatic carbocycles. The topological polar surface area (TPSA) is 192 Å². The van der Waals surface area contributed by atoms with Crippen LogP contribution in [0.5, 0.6) is 0 Å². The first-order chi connectivity index (χ1) is 22.2. The highest BCUT2D eigenvalue weighted by Gasteiger charge is 2.33. The molecule has 0 saturated heterocycles. The number of Topliss-reactive ketones (excluding diaryl/α,β-unsaturated/α-hetero) is 1. The van der Waals surface area contributed by atoms with Crippen LogP contribution in [0.2, 0.25) is 0 Å². The monoisotopic (exact) mass is 650 g/mol. The van der Waals surface area contributed by atoms with Gasteiger partial charge in [-0.05, 0) is 55.9 Å². The summed E-state index contributed by atoms with van der Waals surface area (Å²) in [5, 5.41) is 17.0. The number of ether oxygens (including phenoxy) is 3. The second-order valence-corrected chi connectivity index (χ2v) is 12.0. The van der Waals surface area contributed by atoms with Gasteiger partial charge in [0.1, 0.15) is 6.10 Å². The molecule has 0 fully saturated rings. The molecule has 2 amide bonds. The van der Waals surface area contributed by atoms with Crippen molar-refractivity contribution >= 4 is 29.3 Å². The van der Waals surface area contributed by atoms with Crippen molar-refractivity contribution in [3.05, 3.63) is 88.3 Å². The minimum absolute atomic E-state index is 0.135. The van der Waals surface area contributed by atoms with Gasteiger partial charge in [0.25, 0.3) is 5.91 Å². The zero-order valence-corrected chi connectivity index (χ0v) is 27.7. The maximum absolute atomic E-state index is 13.9. The van der Waals surface area contributed by atoms with Crippen molar-refractivity contribution < 1.29 is 38.5 Å². The number of amides is 2. The molecule has 3 rings (SSSR count). The molecule has 0 saturated carbocycles. The van der Waals surface area contributed by atoms with Crippen LogP contribution in [0.1, 0.15) is 46.1 Å². The van der Waals surface area contributed by atoms with Gasteiger partial charge in [0, 0.05) is 49.6 Å². The summed E-state index contributed by atoms with van der Waals surface area (Å²) in [7, 11) is 2.92. The van der Waals surface area contributed by atoms with E-state index in [4.69, 9.17) is 25.7 Å². The first-order valence-electron chi connectivity index (χ1n) is 15.4. The molecule has 2 bridgehead atoms. The number of nitrogen functional groups attached to an aromatic ring is 1. The SMILES string of the molecule is CO[C@H]1/C=C\C=C(/C)C(=O)NC2=CC(=O)C(NCc3cccc(N)c3)=C(C[C@@H](C)C[C@H](OC)[C@H](O)[C@@H](C)/C=C(\C)[C@@H]1OC(N)=O)C2=O. The summed E-state index contributed by atoms with van der Waals surface area (Å²) in [6.45, 7) is 7.22. The molecule has 0 spiro atoms. The fourth-order valence-corrected chi connectivity index (χ4v) is 5.67. The van der Waals surface area contributed by atoms with Crippen molar-refractivity contribution in [1.82, 2.24) is 10.6 Å². The Bertz CT molecular complexity index is 1510. The highest BCUT2D eigenvalue weighted by Crippen LogP contribution is 2.29. The Hall–Kier alpha value is -4.52. The van der Waals surface area contributed by atoms with Gasteiger partial charge in [-0.1, -0.05) is 50.3 Å². The molecule has 0 radical (unpaired) electrons. The smallest absolute Gasteiger partial charge is 0.405 e. The number of rotatable bonds is 6. The van der Waals surface area contributed by atoms with Crippen molar-refractivity contribution in [2.24, 2.45) is 17.6 Å². The van der Waals surface area contributed by atoms with E-state index in [1.807, 2.05) is 13.0 Å². The fourth-order valence-electron chi connectivity index (χ4n) is 5.67. The van der Waals surface area contributed by atoms with Crippen LogP contribution in [0, 0.1) is 11.8 Å². The van der Waals surface area contributed by atoms with Crippen LogP contribution in [0.25, 0.3) is 0 Å². The molecule has 7 N–H and O–H groups in total. The van der Waals surface area contributed by atoms with Gasteiger partial charge in [-0.15, -0.1) is 0 Å². The highest BCUT2D eigenvalue weighted by molar-refractivity contribution is 6.23. The maximum Gasteiger partial charge on any atom is 0.405 e. The average Bonchev–Trinajstić information content (AvgIpc) is 3.01. The fraction of sp³-hybridized carbons (Fsp3) is 0.429. The van der Waals surface area contributed by atoms with Crippen LogP contribution < -0.4 is 22.1 Å². The third kappa shape index (κ3) is 9.98. The largest absolute Gasteiger partial charge is 0.439 e. The molecule has 1 aliphatic carbocycles. The molecule has 12 heteroatoms. The number of hydrogen-bond donors (Lipinski definition) is 5. The molecule has 47 heavy (non-hydrogen) atoms. The van der Waals surface area contributed by atoms with E-state index in [1.54, 1.807) is 57.2 Å². The van der Waals surface area contributed by atoms with Crippen LogP contribution in [0.15, 0.2) is 82.8 Å². The van der Waals surface area contributed by atoms with Crippen molar-refractivity contribution in [2.75, 3.05) is 20.0 Å². The minimum atomic E-state index is -1.01. The van der Waals surface area contributed by atoms with Crippen LogP contribution in [0.3, 0.4) is 0 Å². The third-order valence-electron chi connectivity index (χ3n) is 8.21. The number of ketones is 2. The van der Waals surface area contributed by atoms with Gasteiger partial charge < -0.3 is 41.4 Å². The molecule has 12 nitrogen and oxygen atoms in total. The summed E-state index contributed by atoms with van der Waals surface area (Å²) in [6.07, 6.45) is 3.66. The number of anilines is 1. The van der Waals surface area contributed by atoms with Gasteiger partial charge in [-0.25, -0.2) is 4.79 Å². The maximum atomic E-state index is 13.9. The Kier molecular flexibility index (Phi) is 13.3. The summed E-state index contributed by atoms with van der Waals surface area (Å²) < 4.78 is 16.7. The van der Waals surface area contributed by atoms with E-state index in [0.717, 1.165) is 11.6 Å². The van der Waals surface area contributed by atoms with Gasteiger partial charge in [-0.3, -0.25) is 14.4 Å². The van der Waals surface area contributed by atoms with Gasteiger partial charge in [0.05, 0.1) is 23.6 Å². The predicted octanol–water partition coefficient (Wildman–Crippen LogP) is 3.13. The molecule has 1 heterocycles. The molecule has 254 valence electrons. The third-order valence-corrected chi connectivity index (χ3v) is 8.21. The summed E-state index contributed by atoms with van der Waals surface area (Å²) in [5.74, 6) is -2.24. The molecule has 1 aromatic rings. The number of nitrogens with one attached hydrogen (secondary N) is 2. The lowest BCUT2D eigenvalue weighted by Crippen LogP contribution is -2.37. The number of aliphatic hydroxyl groups is 1. The van der Waals surface area contributed by atoms with E-state index in [-0.39, 0.29) is 41.4 Å². The van der Waals surface area contributed by atoms with Gasteiger partial charge in [0.15, 0.2) is 6.10 Å². The first kappa shape index (κ1) is 36.9. The Labute approximate surface area is 275 Å². The second kappa shape index (κ2) is 16.9. The molecule has 0 aromatic heterocycles. The Morgan fingerprint density at radius 2 is 1.85 bits per heavy atom. The number of aliphatic hydroxyl groups excluding tert-OH is 1. The van der Waals surface area contributed by atoms with E-state index in [9.17, 15) is 24.3 Å². The van der Waals surface area contributed by atoms with Crippen molar-refractivity contribution in [2.45, 2.75) is 71.5 Å². The second-order valence-electron chi connectivity index (χ2n) is 12.0. The van der Waals surface area contributed by atoms with Crippen molar-refractivity contribution in [3.63, 3.8) is 0 Å². The van der Waals surface area contributed by atoms with Crippen LogP contribution >= 0.6 is 0 Å². The molecular weight excluding hydrogens is 604 g/mol. The number of methoxy groups -OCH3 is 2. The van der Waals surface area contributed by atoms with E-state index in [0.29, 0.717) is 17.7 Å². The zero-order valence-electron chi connectivity index (χ0n) is 27.7. The number of carbonyl (C=O) groups is 4. The van der Waals surface area contributed by atoms with Crippen LogP contribution in [0.4, 0.5) is 10.5 Å². The lowest BCUT2D eigenvalue weighted by atomic mass is 9.85. The zero-order chi connectivity index (χ0) is 34.8. The summed E-state index contributed by atoms with van der Waals surface area (Å²) in [5.41, 5.74) is 13.7. The number of allylic oxidation sites excluding steroid dienone is 4. The molecular formula is C35H46N4O8. The number of fused-ring (bicyclic) bond motifs is 2. The van der Waals surface area contributed by atoms with Gasteiger partial charge in [-0.2, -0.15) is 0 Å². The van der Waals surface area contributed by atoms with Gasteiger partial charge in [0.2, 0.25) is 11.6 Å². The molecule has 2 aliphatic rings. The number of hydrogen-bond acceptors (Lipinski definition) is 10. The standard InChI is InChI=1S/C35H46N4O8/c1-19-13-25-30(38-18-23-10-8-11-24(36)16-23)27(40)17-26(32(25)42)39-34(43)20(2)9-7-12-28(45-5)33(47-35(37)44)22(4)15-21(3)31(41)29(14-19)46-6/h7-12,15-17,19,21,28-29,31,33,38,41H,13-14,18,36H2,1-6H3,(H2,37,44)(H,39,43)/b12-7-,20-9+,22-15+/t19-,21+,28+,29+,31-,33+/m1/s1. The number of primary amides is 1. The van der Waals surface area contributed by atoms with E-state index >= 15 is 0 Å². The number of carbonyl (C=O) groups excluding carboxylic acids is 4. The lowest BCUT2D eigenvalue weighted by Gasteiger charge is -2.30. The van der Waals surface area contributed by atoms with E-state index in [1.165, 1.54) is 20.3 Å². The molecule has 1 aliphatic heterocycles. The summed E-state index contributed by atoms with van der Waals surface area (Å²) in [6, 6.07) is 7.17. The normalized spacial score (nSPS) is 29.5. The molecule has 6 atom stereocenters. The Morgan fingerprint density at radius 3 is 2.49 bits per heavy atom. The van der Waals surface area contributed by atoms with E-state index in [2.05, 4.69) is 10.6 Å². The van der Waals surface area contributed by atoms with Crippen molar-refractivity contribution in [3.8, 4) is 0 Å². The Balaban J connectivity index is 2.06. The number of nitrogens with two attached hydrogens (primary N) is 2. The predicted molar refractivity (Wildman–Crippen MR) is 177 cm³/mol. The van der Waals surface area contributed by atoms with Crippen molar-refractivity contribution in [1.29, 1.82) is 0 Å². The number of benzene rings is 1. The summed E-state index contributed by atoms with van der Waals surface area (Å²) in [4.78, 5) is 52.2. The molecule has 0 unspecified atom stereocenters.